The maximum atomic E-state index is 13.5. The topological polar surface area (TPSA) is 73.1 Å². The molecule has 0 spiro atoms. The van der Waals surface area contributed by atoms with Crippen molar-refractivity contribution in [2.75, 3.05) is 19.6 Å². The van der Waals surface area contributed by atoms with Gasteiger partial charge in [0.25, 0.3) is 5.91 Å². The smallest absolute Gasteiger partial charge is 0.254 e. The number of amides is 1. The maximum Gasteiger partial charge on any atom is 0.254 e. The highest BCUT2D eigenvalue weighted by Crippen LogP contribution is 2.22. The fourth-order valence-electron chi connectivity index (χ4n) is 4.22. The summed E-state index contributed by atoms with van der Waals surface area (Å²) in [6.45, 7) is 3.39. The predicted molar refractivity (Wildman–Crippen MR) is 123 cm³/mol. The number of hydrogen-bond acceptors (Lipinski definition) is 5. The zero-order valence-corrected chi connectivity index (χ0v) is 18.1. The van der Waals surface area contributed by atoms with Gasteiger partial charge in [0.15, 0.2) is 0 Å². The summed E-state index contributed by atoms with van der Waals surface area (Å²) in [7, 11) is 0. The van der Waals surface area contributed by atoms with Crippen molar-refractivity contribution in [2.45, 2.75) is 31.8 Å². The highest BCUT2D eigenvalue weighted by Gasteiger charge is 2.29. The van der Waals surface area contributed by atoms with Crippen LogP contribution in [-0.2, 0) is 13.0 Å². The van der Waals surface area contributed by atoms with Crippen molar-refractivity contribution >= 4 is 5.91 Å². The first kappa shape index (κ1) is 21.7. The first-order chi connectivity index (χ1) is 15.7. The average molecular weight is 426 g/mol. The highest BCUT2D eigenvalue weighted by atomic mass is 16.2. The number of carbonyl (C=O) groups excluding carboxylic acids is 1. The summed E-state index contributed by atoms with van der Waals surface area (Å²) in [5.41, 5.74) is 3.18. The van der Waals surface area contributed by atoms with Crippen molar-refractivity contribution in [1.29, 1.82) is 5.26 Å². The molecule has 1 amide bonds. The Balaban J connectivity index is 1.44. The summed E-state index contributed by atoms with van der Waals surface area (Å²) in [5, 5.41) is 9.24. The molecule has 2 aromatic heterocycles. The largest absolute Gasteiger partial charge is 0.331 e. The minimum absolute atomic E-state index is 0.0297. The number of rotatable bonds is 7. The molecule has 1 aromatic carbocycles. The van der Waals surface area contributed by atoms with Gasteiger partial charge >= 0.3 is 0 Å². The third-order valence-electron chi connectivity index (χ3n) is 5.98. The number of aromatic nitrogens is 2. The van der Waals surface area contributed by atoms with Crippen molar-refractivity contribution in [3.8, 4) is 6.07 Å². The average Bonchev–Trinajstić information content (AvgIpc) is 2.87. The van der Waals surface area contributed by atoms with Gasteiger partial charge in [-0.2, -0.15) is 5.26 Å². The van der Waals surface area contributed by atoms with E-state index in [1.54, 1.807) is 30.5 Å². The fourth-order valence-corrected chi connectivity index (χ4v) is 4.22. The molecule has 1 aliphatic heterocycles. The second-order valence-electron chi connectivity index (χ2n) is 8.13. The SMILES string of the molecule is N#Cc1cccc(C(=O)N(Cc2cccnc2)C2CCN(CCc3ccccn3)CC2)c1. The first-order valence-corrected chi connectivity index (χ1v) is 11.1. The van der Waals surface area contributed by atoms with Crippen LogP contribution in [-0.4, -0.2) is 51.4 Å². The van der Waals surface area contributed by atoms with Gasteiger partial charge < -0.3 is 9.80 Å². The van der Waals surface area contributed by atoms with Gasteiger partial charge in [0, 0.05) is 68.5 Å². The zero-order chi connectivity index (χ0) is 22.2. The van der Waals surface area contributed by atoms with E-state index in [1.165, 1.54) is 0 Å². The number of nitrogens with zero attached hydrogens (tertiary/aromatic N) is 5. The molecule has 0 atom stereocenters. The van der Waals surface area contributed by atoms with Gasteiger partial charge in [-0.05, 0) is 54.8 Å². The monoisotopic (exact) mass is 425 g/mol. The highest BCUT2D eigenvalue weighted by molar-refractivity contribution is 5.94. The van der Waals surface area contributed by atoms with E-state index in [0.717, 1.165) is 50.2 Å². The Morgan fingerprint density at radius 3 is 2.69 bits per heavy atom. The summed E-state index contributed by atoms with van der Waals surface area (Å²) < 4.78 is 0. The Morgan fingerprint density at radius 2 is 1.97 bits per heavy atom. The molecule has 162 valence electrons. The molecule has 0 N–H and O–H groups in total. The Labute approximate surface area is 189 Å². The zero-order valence-electron chi connectivity index (χ0n) is 18.1. The second kappa shape index (κ2) is 10.7. The third-order valence-corrected chi connectivity index (χ3v) is 5.98. The van der Waals surface area contributed by atoms with Crippen molar-refractivity contribution in [3.05, 3.63) is 95.6 Å². The molecule has 6 heteroatoms. The van der Waals surface area contributed by atoms with Gasteiger partial charge in [0.05, 0.1) is 11.6 Å². The lowest BCUT2D eigenvalue weighted by atomic mass is 10.00. The molecule has 0 radical (unpaired) electrons. The lowest BCUT2D eigenvalue weighted by molar-refractivity contribution is 0.0550. The number of hydrogen-bond donors (Lipinski definition) is 0. The summed E-state index contributed by atoms with van der Waals surface area (Å²) in [6.07, 6.45) is 8.17. The van der Waals surface area contributed by atoms with E-state index < -0.39 is 0 Å². The van der Waals surface area contributed by atoms with Crippen LogP contribution in [0.1, 0.15) is 40.0 Å². The summed E-state index contributed by atoms with van der Waals surface area (Å²) in [4.78, 5) is 26.5. The third kappa shape index (κ3) is 5.57. The van der Waals surface area contributed by atoms with Crippen LogP contribution < -0.4 is 0 Å². The molecule has 4 rings (SSSR count). The molecule has 6 nitrogen and oxygen atoms in total. The number of carbonyl (C=O) groups is 1. The molecule has 0 bridgehead atoms. The number of nitriles is 1. The van der Waals surface area contributed by atoms with Crippen LogP contribution in [0.4, 0.5) is 0 Å². The lowest BCUT2D eigenvalue weighted by Gasteiger charge is -2.38. The maximum absolute atomic E-state index is 13.5. The number of likely N-dealkylation sites (tertiary alicyclic amines) is 1. The molecule has 3 heterocycles. The van der Waals surface area contributed by atoms with Crippen LogP contribution in [0.5, 0.6) is 0 Å². The van der Waals surface area contributed by atoms with E-state index in [1.807, 2.05) is 41.6 Å². The molecule has 0 saturated carbocycles. The Bertz CT molecular complexity index is 1060. The van der Waals surface area contributed by atoms with Gasteiger partial charge in [0.1, 0.15) is 0 Å². The van der Waals surface area contributed by atoms with Gasteiger partial charge in [-0.1, -0.05) is 18.2 Å². The van der Waals surface area contributed by atoms with Crippen LogP contribution in [0.2, 0.25) is 0 Å². The van der Waals surface area contributed by atoms with E-state index in [2.05, 4.69) is 27.0 Å². The Hall–Kier alpha value is -3.56. The van der Waals surface area contributed by atoms with E-state index in [0.29, 0.717) is 17.7 Å². The quantitative estimate of drug-likeness (QED) is 0.577. The van der Waals surface area contributed by atoms with Gasteiger partial charge in [0.2, 0.25) is 0 Å². The molecule has 32 heavy (non-hydrogen) atoms. The molecule has 0 aliphatic carbocycles. The molecular weight excluding hydrogens is 398 g/mol. The van der Waals surface area contributed by atoms with Crippen molar-refractivity contribution in [3.63, 3.8) is 0 Å². The Morgan fingerprint density at radius 1 is 1.09 bits per heavy atom. The van der Waals surface area contributed by atoms with Crippen LogP contribution in [0, 0.1) is 11.3 Å². The van der Waals surface area contributed by atoms with E-state index in [4.69, 9.17) is 0 Å². The standard InChI is InChI=1S/C26H27N5O/c27-18-21-5-3-7-23(17-21)26(32)31(20-22-6-4-12-28-19-22)25-10-15-30(16-11-25)14-9-24-8-1-2-13-29-24/h1-8,12-13,17,19,25H,9-11,14-16,20H2. The van der Waals surface area contributed by atoms with Crippen LogP contribution >= 0.6 is 0 Å². The van der Waals surface area contributed by atoms with Gasteiger partial charge in [-0.15, -0.1) is 0 Å². The minimum Gasteiger partial charge on any atom is -0.331 e. The van der Waals surface area contributed by atoms with E-state index >= 15 is 0 Å². The number of benzene rings is 1. The second-order valence-corrected chi connectivity index (χ2v) is 8.13. The van der Waals surface area contributed by atoms with E-state index in [-0.39, 0.29) is 11.9 Å². The van der Waals surface area contributed by atoms with Crippen molar-refractivity contribution in [1.82, 2.24) is 19.8 Å². The molecule has 0 unspecified atom stereocenters. The minimum atomic E-state index is -0.0297. The number of piperidine rings is 1. The van der Waals surface area contributed by atoms with Crippen LogP contribution in [0.3, 0.4) is 0 Å². The summed E-state index contributed by atoms with van der Waals surface area (Å²) >= 11 is 0. The molecule has 1 saturated heterocycles. The summed E-state index contributed by atoms with van der Waals surface area (Å²) in [6, 6.07) is 19.2. The normalized spacial score (nSPS) is 14.6. The predicted octanol–water partition coefficient (Wildman–Crippen LogP) is 3.70. The lowest BCUT2D eigenvalue weighted by Crippen LogP contribution is -2.47. The van der Waals surface area contributed by atoms with E-state index in [9.17, 15) is 10.1 Å². The first-order valence-electron chi connectivity index (χ1n) is 11.1. The molecular formula is C26H27N5O. The molecule has 3 aromatic rings. The van der Waals surface area contributed by atoms with Gasteiger partial charge in [-0.25, -0.2) is 0 Å². The molecule has 1 aliphatic rings. The van der Waals surface area contributed by atoms with Gasteiger partial charge in [-0.3, -0.25) is 14.8 Å². The van der Waals surface area contributed by atoms with Crippen molar-refractivity contribution in [2.24, 2.45) is 0 Å². The fraction of sp³-hybridized carbons (Fsp3) is 0.308. The number of pyridine rings is 2. The van der Waals surface area contributed by atoms with Crippen LogP contribution in [0.15, 0.2) is 73.2 Å². The Kier molecular flexibility index (Phi) is 7.21. The molecule has 1 fully saturated rings. The van der Waals surface area contributed by atoms with Crippen molar-refractivity contribution < 1.29 is 4.79 Å². The van der Waals surface area contributed by atoms with Crippen LogP contribution in [0.25, 0.3) is 0 Å². The summed E-state index contributed by atoms with van der Waals surface area (Å²) in [5.74, 6) is -0.0297.